The van der Waals surface area contributed by atoms with E-state index in [9.17, 15) is 5.11 Å². The SMILES string of the molecule is COc1c[c]c(OC)c(O)c1. The van der Waals surface area contributed by atoms with E-state index in [0.29, 0.717) is 11.5 Å². The van der Waals surface area contributed by atoms with E-state index in [-0.39, 0.29) is 5.75 Å². The maximum Gasteiger partial charge on any atom is 0.168 e. The minimum atomic E-state index is 0.0341. The molecule has 0 bridgehead atoms. The summed E-state index contributed by atoms with van der Waals surface area (Å²) >= 11 is 0. The summed E-state index contributed by atoms with van der Waals surface area (Å²) in [6.45, 7) is 0. The van der Waals surface area contributed by atoms with E-state index >= 15 is 0 Å². The fourth-order valence-corrected chi connectivity index (χ4v) is 0.734. The number of ether oxygens (including phenoxy) is 2. The Labute approximate surface area is 65.2 Å². The third-order valence-electron chi connectivity index (χ3n) is 1.30. The van der Waals surface area contributed by atoms with Crippen LogP contribution in [0.5, 0.6) is 17.2 Å². The highest BCUT2D eigenvalue weighted by Crippen LogP contribution is 2.28. The Hall–Kier alpha value is -1.38. The van der Waals surface area contributed by atoms with Crippen LogP contribution in [0.2, 0.25) is 0 Å². The van der Waals surface area contributed by atoms with Gasteiger partial charge in [0.2, 0.25) is 0 Å². The van der Waals surface area contributed by atoms with Crippen molar-refractivity contribution < 1.29 is 14.6 Å². The van der Waals surface area contributed by atoms with Gasteiger partial charge in [-0.25, -0.2) is 0 Å². The van der Waals surface area contributed by atoms with Crippen LogP contribution < -0.4 is 9.47 Å². The highest BCUT2D eigenvalue weighted by Gasteiger charge is 2.01. The molecule has 1 N–H and O–H groups in total. The van der Waals surface area contributed by atoms with Gasteiger partial charge in [0.25, 0.3) is 0 Å². The molecule has 0 heterocycles. The van der Waals surface area contributed by atoms with Crippen LogP contribution in [0.25, 0.3) is 0 Å². The van der Waals surface area contributed by atoms with Crippen LogP contribution in [0.15, 0.2) is 12.1 Å². The fourth-order valence-electron chi connectivity index (χ4n) is 0.734. The lowest BCUT2D eigenvalue weighted by Gasteiger charge is -2.03. The molecule has 0 saturated carbocycles. The lowest BCUT2D eigenvalue weighted by molar-refractivity contribution is 0.365. The second kappa shape index (κ2) is 3.14. The van der Waals surface area contributed by atoms with Crippen molar-refractivity contribution >= 4 is 0 Å². The summed E-state index contributed by atoms with van der Waals surface area (Å²) in [5, 5.41) is 9.19. The Morgan fingerprint density at radius 2 is 2.09 bits per heavy atom. The van der Waals surface area contributed by atoms with Gasteiger partial charge in [-0.15, -0.1) is 0 Å². The largest absolute Gasteiger partial charge is 0.504 e. The average Bonchev–Trinajstić information content (AvgIpc) is 2.04. The molecule has 3 nitrogen and oxygen atoms in total. The van der Waals surface area contributed by atoms with Crippen LogP contribution >= 0.6 is 0 Å². The molecule has 0 amide bonds. The van der Waals surface area contributed by atoms with E-state index in [4.69, 9.17) is 9.47 Å². The third kappa shape index (κ3) is 1.55. The second-order valence-corrected chi connectivity index (χ2v) is 1.96. The van der Waals surface area contributed by atoms with Crippen LogP contribution in [0, 0.1) is 6.07 Å². The van der Waals surface area contributed by atoms with Gasteiger partial charge < -0.3 is 14.6 Å². The van der Waals surface area contributed by atoms with E-state index in [1.54, 1.807) is 6.07 Å². The first-order valence-electron chi connectivity index (χ1n) is 3.10. The molecule has 0 fully saturated rings. The molecule has 1 aromatic rings. The van der Waals surface area contributed by atoms with E-state index in [1.165, 1.54) is 20.3 Å². The van der Waals surface area contributed by atoms with Gasteiger partial charge in [0.15, 0.2) is 11.5 Å². The van der Waals surface area contributed by atoms with E-state index in [1.807, 2.05) is 0 Å². The van der Waals surface area contributed by atoms with Gasteiger partial charge in [-0.05, 0) is 6.07 Å². The number of rotatable bonds is 2. The number of aromatic hydroxyl groups is 1. The van der Waals surface area contributed by atoms with Crippen molar-refractivity contribution in [2.75, 3.05) is 14.2 Å². The van der Waals surface area contributed by atoms with Crippen LogP contribution in [0.3, 0.4) is 0 Å². The highest BCUT2D eigenvalue weighted by molar-refractivity contribution is 5.43. The van der Waals surface area contributed by atoms with Crippen LogP contribution in [-0.2, 0) is 0 Å². The molecule has 0 aliphatic rings. The van der Waals surface area contributed by atoms with Gasteiger partial charge in [0.05, 0.1) is 14.2 Å². The molecule has 3 heteroatoms. The number of phenolic OH excluding ortho intramolecular Hbond substituents is 1. The molecule has 1 radical (unpaired) electrons. The Kier molecular flexibility index (Phi) is 2.21. The van der Waals surface area contributed by atoms with Crippen molar-refractivity contribution in [3.8, 4) is 17.2 Å². The molecule has 0 saturated heterocycles. The normalized spacial score (nSPS) is 9.27. The van der Waals surface area contributed by atoms with Crippen LogP contribution in [0.1, 0.15) is 0 Å². The van der Waals surface area contributed by atoms with Crippen molar-refractivity contribution in [3.05, 3.63) is 18.2 Å². The molecule has 0 atom stereocenters. The molecule has 59 valence electrons. The first-order valence-corrected chi connectivity index (χ1v) is 3.10. The second-order valence-electron chi connectivity index (χ2n) is 1.96. The predicted octanol–water partition coefficient (Wildman–Crippen LogP) is 1.21. The maximum atomic E-state index is 9.19. The summed E-state index contributed by atoms with van der Waals surface area (Å²) in [5.41, 5.74) is 0. The molecule has 0 aromatic heterocycles. The zero-order valence-corrected chi connectivity index (χ0v) is 6.42. The first-order chi connectivity index (χ1) is 5.27. The van der Waals surface area contributed by atoms with Crippen molar-refractivity contribution in [2.24, 2.45) is 0 Å². The third-order valence-corrected chi connectivity index (χ3v) is 1.30. The number of hydrogen-bond donors (Lipinski definition) is 1. The van der Waals surface area contributed by atoms with Crippen LogP contribution in [0.4, 0.5) is 0 Å². The van der Waals surface area contributed by atoms with E-state index < -0.39 is 0 Å². The first kappa shape index (κ1) is 7.72. The standard InChI is InChI=1S/C8H9O3/c1-10-6-3-4-8(11-2)7(9)5-6/h3,5,9H,1-2H3. The van der Waals surface area contributed by atoms with Crippen molar-refractivity contribution in [1.29, 1.82) is 0 Å². The summed E-state index contributed by atoms with van der Waals surface area (Å²) in [6, 6.07) is 5.77. The molecule has 1 aromatic carbocycles. The van der Waals surface area contributed by atoms with Crippen LogP contribution in [-0.4, -0.2) is 19.3 Å². The van der Waals surface area contributed by atoms with Gasteiger partial charge in [0, 0.05) is 12.1 Å². The van der Waals surface area contributed by atoms with Gasteiger partial charge in [0.1, 0.15) is 5.75 Å². The van der Waals surface area contributed by atoms with Gasteiger partial charge in [-0.3, -0.25) is 0 Å². The number of benzene rings is 1. The lowest BCUT2D eigenvalue weighted by Crippen LogP contribution is -1.86. The van der Waals surface area contributed by atoms with Gasteiger partial charge >= 0.3 is 0 Å². The van der Waals surface area contributed by atoms with Gasteiger partial charge in [-0.1, -0.05) is 0 Å². The summed E-state index contributed by atoms with van der Waals surface area (Å²) in [4.78, 5) is 0. The molecule has 0 unspecified atom stereocenters. The van der Waals surface area contributed by atoms with Crippen molar-refractivity contribution in [3.63, 3.8) is 0 Å². The summed E-state index contributed by atoms with van der Waals surface area (Å²) < 4.78 is 9.63. The quantitative estimate of drug-likeness (QED) is 0.694. The smallest absolute Gasteiger partial charge is 0.168 e. The maximum absolute atomic E-state index is 9.19. The predicted molar refractivity (Wildman–Crippen MR) is 40.0 cm³/mol. The lowest BCUT2D eigenvalue weighted by atomic mass is 10.3. The summed E-state index contributed by atoms with van der Waals surface area (Å²) in [5.74, 6) is 0.918. The Bertz CT molecular complexity index is 245. The Morgan fingerprint density at radius 1 is 1.36 bits per heavy atom. The number of hydrogen-bond acceptors (Lipinski definition) is 3. The number of phenols is 1. The summed E-state index contributed by atoms with van der Waals surface area (Å²) in [6.07, 6.45) is 0. The van der Waals surface area contributed by atoms with E-state index in [0.717, 1.165) is 0 Å². The molecule has 0 aliphatic heterocycles. The molecule has 0 aliphatic carbocycles. The molecular formula is C8H9O3. The van der Waals surface area contributed by atoms with Gasteiger partial charge in [-0.2, -0.15) is 0 Å². The Morgan fingerprint density at radius 3 is 2.55 bits per heavy atom. The van der Waals surface area contributed by atoms with E-state index in [2.05, 4.69) is 6.07 Å². The molecule has 11 heavy (non-hydrogen) atoms. The molecule has 1 rings (SSSR count). The summed E-state index contributed by atoms with van der Waals surface area (Å²) in [7, 11) is 2.99. The minimum absolute atomic E-state index is 0.0341. The molecule has 0 spiro atoms. The molecular weight excluding hydrogens is 144 g/mol. The van der Waals surface area contributed by atoms with Crippen molar-refractivity contribution in [2.45, 2.75) is 0 Å². The monoisotopic (exact) mass is 153 g/mol. The Balaban J connectivity index is 2.99. The van der Waals surface area contributed by atoms with Crippen molar-refractivity contribution in [1.82, 2.24) is 0 Å². The topological polar surface area (TPSA) is 38.7 Å². The zero-order valence-electron chi connectivity index (χ0n) is 6.42. The fraction of sp³-hybridized carbons (Fsp3) is 0.250. The highest BCUT2D eigenvalue weighted by atomic mass is 16.5. The average molecular weight is 153 g/mol. The zero-order chi connectivity index (χ0) is 8.27. The minimum Gasteiger partial charge on any atom is -0.504 e. The number of methoxy groups -OCH3 is 2.